The van der Waals surface area contributed by atoms with Crippen LogP contribution in [0.25, 0.3) is 0 Å². The van der Waals surface area contributed by atoms with Gasteiger partial charge in [-0.05, 0) is 18.2 Å². The van der Waals surface area contributed by atoms with Gasteiger partial charge in [0.1, 0.15) is 0 Å². The van der Waals surface area contributed by atoms with Crippen LogP contribution in [0.4, 0.5) is 0 Å². The SMILES string of the molecule is Brc1c[c]ccc1.[Br-].[Zn]. The van der Waals surface area contributed by atoms with Gasteiger partial charge in [-0.25, -0.2) is 0 Å². The van der Waals surface area contributed by atoms with Gasteiger partial charge >= 0.3 is 0 Å². The predicted molar refractivity (Wildman–Crippen MR) is 33.0 cm³/mol. The third kappa shape index (κ3) is 5.26. The third-order valence-corrected chi connectivity index (χ3v) is 1.16. The van der Waals surface area contributed by atoms with Gasteiger partial charge in [0.15, 0.2) is 0 Å². The van der Waals surface area contributed by atoms with Crippen LogP contribution in [0.5, 0.6) is 0 Å². The Morgan fingerprint density at radius 1 is 1.44 bits per heavy atom. The predicted octanol–water partition coefficient (Wildman–Crippen LogP) is -0.749. The molecule has 1 aromatic rings. The molecule has 0 N–H and O–H groups in total. The molecule has 1 aromatic carbocycles. The number of halogens is 2. The summed E-state index contributed by atoms with van der Waals surface area (Å²) in [6, 6.07) is 10.6. The number of benzene rings is 1. The molecular formula is C6H4Br2Zn-. The number of rotatable bonds is 0. The molecule has 0 saturated heterocycles. The minimum Gasteiger partial charge on any atom is -1.00 e. The van der Waals surface area contributed by atoms with Crippen molar-refractivity contribution < 1.29 is 36.5 Å². The first kappa shape index (κ1) is 12.5. The zero-order chi connectivity index (χ0) is 5.11. The van der Waals surface area contributed by atoms with Gasteiger partial charge in [-0.15, -0.1) is 0 Å². The summed E-state index contributed by atoms with van der Waals surface area (Å²) in [5, 5.41) is 0. The monoisotopic (exact) mass is 298 g/mol. The maximum absolute atomic E-state index is 3.28. The van der Waals surface area contributed by atoms with E-state index in [2.05, 4.69) is 22.0 Å². The quantitative estimate of drug-likeness (QED) is 0.553. The molecule has 0 bridgehead atoms. The van der Waals surface area contributed by atoms with E-state index in [1.54, 1.807) is 0 Å². The Hall–Kier alpha value is 0.803. The van der Waals surface area contributed by atoms with E-state index in [1.807, 2.05) is 24.3 Å². The second kappa shape index (κ2) is 6.92. The van der Waals surface area contributed by atoms with E-state index in [1.165, 1.54) is 0 Å². The normalized spacial score (nSPS) is 6.78. The van der Waals surface area contributed by atoms with Gasteiger partial charge in [0.25, 0.3) is 0 Å². The van der Waals surface area contributed by atoms with Crippen molar-refractivity contribution in [1.82, 2.24) is 0 Å². The standard InChI is InChI=1S/C6H4Br.BrH.Zn/c7-6-4-2-1-3-5-6;;/h1-2,4-5H;1H;/p-1. The van der Waals surface area contributed by atoms with E-state index < -0.39 is 0 Å². The van der Waals surface area contributed by atoms with Crippen LogP contribution in [0.15, 0.2) is 28.7 Å². The molecule has 3 heteroatoms. The number of hydrogen-bond donors (Lipinski definition) is 0. The Balaban J connectivity index is 0. The van der Waals surface area contributed by atoms with Gasteiger partial charge < -0.3 is 17.0 Å². The molecule has 9 heavy (non-hydrogen) atoms. The van der Waals surface area contributed by atoms with Crippen molar-refractivity contribution in [3.8, 4) is 0 Å². The minimum atomic E-state index is 0. The maximum Gasteiger partial charge on any atom is 0.0181 e. The Morgan fingerprint density at radius 3 is 2.33 bits per heavy atom. The van der Waals surface area contributed by atoms with Crippen LogP contribution in [-0.4, -0.2) is 0 Å². The Bertz CT molecular complexity index is 141. The summed E-state index contributed by atoms with van der Waals surface area (Å²) < 4.78 is 1.08. The van der Waals surface area contributed by atoms with Crippen molar-refractivity contribution in [2.45, 2.75) is 0 Å². The summed E-state index contributed by atoms with van der Waals surface area (Å²) >= 11 is 3.28. The molecule has 0 saturated carbocycles. The second-order valence-corrected chi connectivity index (χ2v) is 2.14. The van der Waals surface area contributed by atoms with E-state index in [4.69, 9.17) is 0 Å². The molecule has 45 valence electrons. The molecule has 0 aliphatic carbocycles. The average molecular weight is 301 g/mol. The zero-order valence-electron chi connectivity index (χ0n) is 4.77. The van der Waals surface area contributed by atoms with Crippen molar-refractivity contribution in [3.05, 3.63) is 34.8 Å². The van der Waals surface area contributed by atoms with Gasteiger partial charge in [0, 0.05) is 24.0 Å². The summed E-state index contributed by atoms with van der Waals surface area (Å²) in [6.45, 7) is 0. The fourth-order valence-electron chi connectivity index (χ4n) is 0.371. The van der Waals surface area contributed by atoms with Crippen molar-refractivity contribution in [3.63, 3.8) is 0 Å². The van der Waals surface area contributed by atoms with E-state index in [0.717, 1.165) is 4.47 Å². The molecule has 0 aliphatic rings. The molecule has 1 rings (SSSR count). The van der Waals surface area contributed by atoms with Crippen molar-refractivity contribution in [2.75, 3.05) is 0 Å². The third-order valence-electron chi connectivity index (χ3n) is 0.669. The van der Waals surface area contributed by atoms with Crippen LogP contribution >= 0.6 is 15.9 Å². The number of hydrogen-bond acceptors (Lipinski definition) is 0. The van der Waals surface area contributed by atoms with Gasteiger partial charge in [-0.3, -0.25) is 0 Å². The van der Waals surface area contributed by atoms with Crippen molar-refractivity contribution in [2.24, 2.45) is 0 Å². The minimum absolute atomic E-state index is 0. The van der Waals surface area contributed by atoms with Gasteiger partial charge in [-0.1, -0.05) is 28.1 Å². The topological polar surface area (TPSA) is 0 Å². The maximum atomic E-state index is 3.28. The summed E-state index contributed by atoms with van der Waals surface area (Å²) in [6.07, 6.45) is 0. The fraction of sp³-hybridized carbons (Fsp3) is 0. The van der Waals surface area contributed by atoms with Crippen LogP contribution < -0.4 is 17.0 Å². The van der Waals surface area contributed by atoms with Crippen LogP contribution in [0, 0.1) is 6.07 Å². The molecule has 0 aromatic heterocycles. The van der Waals surface area contributed by atoms with Crippen LogP contribution in [0.1, 0.15) is 0 Å². The van der Waals surface area contributed by atoms with Crippen molar-refractivity contribution in [1.29, 1.82) is 0 Å². The molecule has 0 nitrogen and oxygen atoms in total. The van der Waals surface area contributed by atoms with Gasteiger partial charge in [0.05, 0.1) is 0 Å². The van der Waals surface area contributed by atoms with E-state index in [0.29, 0.717) is 0 Å². The summed E-state index contributed by atoms with van der Waals surface area (Å²) in [5.74, 6) is 0. The average Bonchev–Trinajstić information content (AvgIpc) is 1.69. The Labute approximate surface area is 86.7 Å². The van der Waals surface area contributed by atoms with Crippen molar-refractivity contribution >= 4 is 15.9 Å². The van der Waals surface area contributed by atoms with E-state index in [9.17, 15) is 0 Å². The van der Waals surface area contributed by atoms with Crippen LogP contribution in [-0.2, 0) is 19.5 Å². The van der Waals surface area contributed by atoms with Gasteiger partial charge in [-0.2, -0.15) is 0 Å². The Kier molecular flexibility index (Phi) is 9.59. The summed E-state index contributed by atoms with van der Waals surface area (Å²) in [5.41, 5.74) is 0. The molecule has 0 atom stereocenters. The smallest absolute Gasteiger partial charge is 0.0181 e. The second-order valence-electron chi connectivity index (χ2n) is 1.22. The zero-order valence-corrected chi connectivity index (χ0v) is 10.9. The molecular weight excluding hydrogens is 297 g/mol. The first-order valence-corrected chi connectivity index (χ1v) is 2.80. The van der Waals surface area contributed by atoms with Crippen LogP contribution in [0.3, 0.4) is 0 Å². The molecule has 0 fully saturated rings. The van der Waals surface area contributed by atoms with Crippen LogP contribution in [0.2, 0.25) is 0 Å². The van der Waals surface area contributed by atoms with E-state index >= 15 is 0 Å². The molecule has 0 spiro atoms. The molecule has 0 unspecified atom stereocenters. The molecule has 1 radical (unpaired) electrons. The molecule has 0 amide bonds. The largest absolute Gasteiger partial charge is 1.00 e. The summed E-state index contributed by atoms with van der Waals surface area (Å²) in [7, 11) is 0. The van der Waals surface area contributed by atoms with E-state index in [-0.39, 0.29) is 36.5 Å². The molecule has 0 aliphatic heterocycles. The molecule has 0 heterocycles. The first-order chi connectivity index (χ1) is 3.39. The van der Waals surface area contributed by atoms with Gasteiger partial charge in [0.2, 0.25) is 0 Å². The Morgan fingerprint density at radius 2 is 2.11 bits per heavy atom. The first-order valence-electron chi connectivity index (χ1n) is 2.01. The fourth-order valence-corrected chi connectivity index (χ4v) is 0.656. The summed E-state index contributed by atoms with van der Waals surface area (Å²) in [4.78, 5) is 0.